The number of nitrogens with zero attached hydrogens (tertiary/aromatic N) is 4. The number of benzene rings is 8. The van der Waals surface area contributed by atoms with Crippen molar-refractivity contribution in [3.8, 4) is 56.9 Å². The van der Waals surface area contributed by atoms with Crippen molar-refractivity contribution in [2.75, 3.05) is 0 Å². The number of rotatable bonds is 5. The first kappa shape index (κ1) is 48.9. The first-order valence-electron chi connectivity index (χ1n) is 21.6. The Bertz CT molecular complexity index is 4040. The van der Waals surface area contributed by atoms with Crippen molar-refractivity contribution in [2.24, 2.45) is 0 Å². The van der Waals surface area contributed by atoms with Crippen LogP contribution in [0, 0.1) is 22.7 Å². The fourth-order valence-corrected chi connectivity index (χ4v) is 9.49. The molecule has 0 radical (unpaired) electrons. The van der Waals surface area contributed by atoms with Crippen molar-refractivity contribution in [1.29, 1.82) is 10.5 Å². The highest BCUT2D eigenvalue weighted by atomic mass is 19.4. The van der Waals surface area contributed by atoms with Gasteiger partial charge >= 0.3 is 30.9 Å². The minimum absolute atomic E-state index is 0.00626. The molecule has 74 heavy (non-hydrogen) atoms. The Balaban J connectivity index is 1.30. The lowest BCUT2D eigenvalue weighted by atomic mass is 9.94. The topological polar surface area (TPSA) is 57.4 Å². The van der Waals surface area contributed by atoms with Crippen LogP contribution in [0.15, 0.2) is 152 Å². The zero-order chi connectivity index (χ0) is 53.0. The number of aromatic nitrogens is 2. The second-order valence-corrected chi connectivity index (χ2v) is 17.1. The average Bonchev–Trinajstić information content (AvgIpc) is 3.86. The molecule has 2 aromatic heterocycles. The Morgan fingerprint density at radius 2 is 0.757 bits per heavy atom. The number of hydrogen-bond donors (Lipinski definition) is 0. The van der Waals surface area contributed by atoms with Crippen LogP contribution < -0.4 is 0 Å². The molecule has 0 fully saturated rings. The molecule has 0 atom stereocenters. The molecule has 8 aromatic carbocycles. The molecule has 0 spiro atoms. The van der Waals surface area contributed by atoms with Gasteiger partial charge in [-0.25, -0.2) is 0 Å². The molecule has 0 aliphatic carbocycles. The van der Waals surface area contributed by atoms with Crippen LogP contribution in [-0.2, 0) is 30.9 Å². The van der Waals surface area contributed by atoms with Crippen LogP contribution in [0.4, 0.5) is 65.9 Å². The summed E-state index contributed by atoms with van der Waals surface area (Å²) in [6, 6.07) is 32.2. The maximum atomic E-state index is 14.5. The summed E-state index contributed by atoms with van der Waals surface area (Å²) in [5.41, 5.74) is -8.54. The van der Waals surface area contributed by atoms with Crippen molar-refractivity contribution >= 4 is 43.6 Å². The van der Waals surface area contributed by atoms with E-state index in [0.717, 1.165) is 12.1 Å². The first-order valence-corrected chi connectivity index (χ1v) is 21.6. The SMILES string of the molecule is N#Cc1cc(-c2cc(-n3c4ccccc4c4cc(-c5ccc(C(F)(F)F)cc5C(F)(F)F)ccc43)c(-n3c4ccccc4c4cc(-c5ccc(C(F)(F)F)cc5C(F)(F)F)ccc43)cc2C#N)cc(C(F)(F)F)c1. The van der Waals surface area contributed by atoms with Gasteiger partial charge in [0.25, 0.3) is 0 Å². The number of hydrogen-bond acceptors (Lipinski definition) is 2. The highest BCUT2D eigenvalue weighted by Gasteiger charge is 2.40. The average molecular weight is 1030 g/mol. The van der Waals surface area contributed by atoms with Gasteiger partial charge in [0.15, 0.2) is 0 Å². The summed E-state index contributed by atoms with van der Waals surface area (Å²) < 4.78 is 216. The molecule has 0 saturated carbocycles. The third-order valence-corrected chi connectivity index (χ3v) is 12.7. The van der Waals surface area contributed by atoms with Gasteiger partial charge in [0.1, 0.15) is 0 Å². The van der Waals surface area contributed by atoms with Gasteiger partial charge in [-0.15, -0.1) is 0 Å². The molecule has 0 aliphatic rings. The molecule has 370 valence electrons. The van der Waals surface area contributed by atoms with E-state index in [1.54, 1.807) is 63.7 Å². The molecule has 0 amide bonds. The zero-order valence-corrected chi connectivity index (χ0v) is 36.9. The predicted octanol–water partition coefficient (Wildman–Crippen LogP) is 17.7. The van der Waals surface area contributed by atoms with Gasteiger partial charge in [-0.05, 0) is 119 Å². The van der Waals surface area contributed by atoms with Gasteiger partial charge in [0, 0.05) is 27.1 Å². The van der Waals surface area contributed by atoms with Gasteiger partial charge in [0.2, 0.25) is 0 Å². The van der Waals surface area contributed by atoms with Gasteiger partial charge < -0.3 is 9.13 Å². The van der Waals surface area contributed by atoms with Crippen LogP contribution in [0.5, 0.6) is 0 Å². The lowest BCUT2D eigenvalue weighted by Crippen LogP contribution is -2.12. The fourth-order valence-electron chi connectivity index (χ4n) is 9.49. The predicted molar refractivity (Wildman–Crippen MR) is 246 cm³/mol. The first-order chi connectivity index (χ1) is 34.8. The standard InChI is InChI=1S/C55H25F15N4/c56-51(57,58)33-11-13-36(43(23-33)54(65,66)67)29-9-15-47-41(20-29)38-5-1-3-7-45(38)73(47)49-22-32(27-72)40(31-17-28(26-71)18-35(19-31)53(62,63)64)25-50(49)74-46-8-4-2-6-39(46)42-21-30(10-16-48(42)74)37-14-12-34(52(59,60)61)24-44(37)55(68,69)70/h1-25H. The highest BCUT2D eigenvalue weighted by Crippen LogP contribution is 2.47. The van der Waals surface area contributed by atoms with Gasteiger partial charge in [-0.3, -0.25) is 0 Å². The number of nitriles is 2. The van der Waals surface area contributed by atoms with E-state index in [1.807, 2.05) is 6.07 Å². The minimum Gasteiger partial charge on any atom is -0.307 e. The molecular formula is C55H25F15N4. The number of alkyl halides is 15. The van der Waals surface area contributed by atoms with Crippen LogP contribution in [0.2, 0.25) is 0 Å². The normalized spacial score (nSPS) is 12.8. The third-order valence-electron chi connectivity index (χ3n) is 12.7. The fraction of sp³-hybridized carbons (Fsp3) is 0.0909. The van der Waals surface area contributed by atoms with Crippen molar-refractivity contribution in [1.82, 2.24) is 9.13 Å². The number of para-hydroxylation sites is 2. The molecule has 10 rings (SSSR count). The van der Waals surface area contributed by atoms with Crippen LogP contribution >= 0.6 is 0 Å². The minimum atomic E-state index is -5.25. The second kappa shape index (κ2) is 16.9. The van der Waals surface area contributed by atoms with Crippen molar-refractivity contribution in [3.05, 3.63) is 191 Å². The van der Waals surface area contributed by atoms with E-state index in [9.17, 15) is 76.4 Å². The lowest BCUT2D eigenvalue weighted by molar-refractivity contribution is -0.144. The summed E-state index contributed by atoms with van der Waals surface area (Å²) in [5, 5.41) is 21.9. The van der Waals surface area contributed by atoms with E-state index in [-0.39, 0.29) is 73.1 Å². The van der Waals surface area contributed by atoms with Crippen LogP contribution in [0.25, 0.3) is 88.4 Å². The van der Waals surface area contributed by atoms with E-state index in [1.165, 1.54) is 48.5 Å². The quantitative estimate of drug-likeness (QED) is 0.161. The zero-order valence-electron chi connectivity index (χ0n) is 36.9. The smallest absolute Gasteiger partial charge is 0.307 e. The molecule has 0 saturated heterocycles. The molecule has 2 heterocycles. The summed E-state index contributed by atoms with van der Waals surface area (Å²) in [6.07, 6.45) is -25.7. The molecule has 0 unspecified atom stereocenters. The maximum absolute atomic E-state index is 14.5. The Kier molecular flexibility index (Phi) is 11.2. The Morgan fingerprint density at radius 3 is 1.18 bits per heavy atom. The molecule has 0 aliphatic heterocycles. The molecule has 10 aromatic rings. The molecule has 0 N–H and O–H groups in total. The number of fused-ring (bicyclic) bond motifs is 6. The van der Waals surface area contributed by atoms with Gasteiger partial charge in [0.05, 0.1) is 84.5 Å². The summed E-state index contributed by atoms with van der Waals surface area (Å²) in [5.74, 6) is 0. The van der Waals surface area contributed by atoms with Crippen LogP contribution in [-0.4, -0.2) is 9.13 Å². The van der Waals surface area contributed by atoms with E-state index >= 15 is 0 Å². The molecule has 4 nitrogen and oxygen atoms in total. The van der Waals surface area contributed by atoms with Gasteiger partial charge in [-0.2, -0.15) is 76.4 Å². The Labute approximate surface area is 406 Å². The summed E-state index contributed by atoms with van der Waals surface area (Å²) >= 11 is 0. The Hall–Kier alpha value is -8.71. The van der Waals surface area contributed by atoms with Crippen LogP contribution in [0.1, 0.15) is 38.9 Å². The van der Waals surface area contributed by atoms with Crippen molar-refractivity contribution < 1.29 is 65.9 Å². The van der Waals surface area contributed by atoms with E-state index in [2.05, 4.69) is 0 Å². The monoisotopic (exact) mass is 1030 g/mol. The van der Waals surface area contributed by atoms with E-state index in [0.29, 0.717) is 52.1 Å². The van der Waals surface area contributed by atoms with Gasteiger partial charge in [-0.1, -0.05) is 60.7 Å². The number of halogens is 15. The largest absolute Gasteiger partial charge is 0.417 e. The Morgan fingerprint density at radius 1 is 0.324 bits per heavy atom. The molecule has 0 bridgehead atoms. The summed E-state index contributed by atoms with van der Waals surface area (Å²) in [4.78, 5) is 0. The van der Waals surface area contributed by atoms with Crippen LogP contribution in [0.3, 0.4) is 0 Å². The summed E-state index contributed by atoms with van der Waals surface area (Å²) in [7, 11) is 0. The molecular weight excluding hydrogens is 1000 g/mol. The second-order valence-electron chi connectivity index (χ2n) is 17.1. The highest BCUT2D eigenvalue weighted by molar-refractivity contribution is 6.13. The third kappa shape index (κ3) is 8.37. The van der Waals surface area contributed by atoms with Crippen molar-refractivity contribution in [3.63, 3.8) is 0 Å². The lowest BCUT2D eigenvalue weighted by Gasteiger charge is -2.20. The van der Waals surface area contributed by atoms with E-state index in [4.69, 9.17) is 0 Å². The summed E-state index contributed by atoms with van der Waals surface area (Å²) in [6.45, 7) is 0. The maximum Gasteiger partial charge on any atom is 0.417 e. The molecule has 19 heteroatoms. The van der Waals surface area contributed by atoms with E-state index < -0.39 is 75.4 Å². The van der Waals surface area contributed by atoms with Crippen molar-refractivity contribution in [2.45, 2.75) is 30.9 Å².